The second-order valence-electron chi connectivity index (χ2n) is 8.74. The average molecular weight is 575 g/mol. The standard InChI is InChI=1S/C27H32BrN3O4S/c1-4-5-15-29-27(33)20(2)31(18-21-9-8-12-24(28)16-21)26(32)19-30(3)36(34,35)25-14-13-22-10-6-7-11-23(22)17-25/h6-14,16-17,20H,4-5,15,18-19H2,1-3H3,(H,29,33)/t20-/m0/s1. The van der Waals surface area contributed by atoms with Crippen molar-refractivity contribution < 1.29 is 18.0 Å². The number of hydrogen-bond donors (Lipinski definition) is 1. The minimum absolute atomic E-state index is 0.111. The maximum atomic E-state index is 13.4. The first-order chi connectivity index (χ1) is 17.1. The molecule has 9 heteroatoms. The molecule has 2 amide bonds. The number of amides is 2. The zero-order valence-corrected chi connectivity index (χ0v) is 23.2. The van der Waals surface area contributed by atoms with Crippen molar-refractivity contribution in [1.29, 1.82) is 0 Å². The van der Waals surface area contributed by atoms with Crippen LogP contribution in [-0.2, 0) is 26.2 Å². The lowest BCUT2D eigenvalue weighted by molar-refractivity contribution is -0.140. The summed E-state index contributed by atoms with van der Waals surface area (Å²) in [5.41, 5.74) is 0.825. The predicted molar refractivity (Wildman–Crippen MR) is 146 cm³/mol. The lowest BCUT2D eigenvalue weighted by atomic mass is 10.1. The second-order valence-corrected chi connectivity index (χ2v) is 11.7. The molecule has 0 saturated carbocycles. The maximum Gasteiger partial charge on any atom is 0.243 e. The van der Waals surface area contributed by atoms with E-state index in [9.17, 15) is 18.0 Å². The number of nitrogens with one attached hydrogen (secondary N) is 1. The highest BCUT2D eigenvalue weighted by Crippen LogP contribution is 2.22. The van der Waals surface area contributed by atoms with Crippen LogP contribution in [0.2, 0.25) is 0 Å². The number of sulfonamides is 1. The van der Waals surface area contributed by atoms with Gasteiger partial charge in [-0.2, -0.15) is 4.31 Å². The molecule has 36 heavy (non-hydrogen) atoms. The number of hydrogen-bond acceptors (Lipinski definition) is 4. The monoisotopic (exact) mass is 573 g/mol. The third-order valence-corrected chi connectivity index (χ3v) is 8.32. The Morgan fingerprint density at radius 3 is 2.42 bits per heavy atom. The van der Waals surface area contributed by atoms with Crippen LogP contribution >= 0.6 is 15.9 Å². The molecule has 3 aromatic carbocycles. The van der Waals surface area contributed by atoms with Crippen LogP contribution in [0.5, 0.6) is 0 Å². The molecule has 1 N–H and O–H groups in total. The van der Waals surface area contributed by atoms with Crippen molar-refractivity contribution in [3.05, 3.63) is 76.8 Å². The Hall–Kier alpha value is -2.75. The number of benzene rings is 3. The summed E-state index contributed by atoms with van der Waals surface area (Å²) in [5.74, 6) is -0.730. The van der Waals surface area contributed by atoms with Crippen LogP contribution in [-0.4, -0.2) is 55.6 Å². The number of unbranched alkanes of at least 4 members (excludes halogenated alkanes) is 1. The molecule has 0 aliphatic carbocycles. The van der Waals surface area contributed by atoms with Gasteiger partial charge in [0.05, 0.1) is 11.4 Å². The molecule has 0 bridgehead atoms. The first kappa shape index (κ1) is 27.8. The van der Waals surface area contributed by atoms with Crippen molar-refractivity contribution in [3.63, 3.8) is 0 Å². The summed E-state index contributed by atoms with van der Waals surface area (Å²) in [4.78, 5) is 27.8. The van der Waals surface area contributed by atoms with Gasteiger partial charge in [0.25, 0.3) is 0 Å². The molecular weight excluding hydrogens is 542 g/mol. The minimum atomic E-state index is -3.92. The first-order valence-electron chi connectivity index (χ1n) is 11.9. The van der Waals surface area contributed by atoms with Crippen molar-refractivity contribution in [2.75, 3.05) is 20.1 Å². The lowest BCUT2D eigenvalue weighted by Gasteiger charge is -2.30. The molecule has 0 saturated heterocycles. The van der Waals surface area contributed by atoms with E-state index in [2.05, 4.69) is 21.2 Å². The number of rotatable bonds is 11. The largest absolute Gasteiger partial charge is 0.354 e. The summed E-state index contributed by atoms with van der Waals surface area (Å²) < 4.78 is 28.5. The zero-order valence-electron chi connectivity index (χ0n) is 20.8. The van der Waals surface area contributed by atoms with Crippen LogP contribution in [0.15, 0.2) is 76.1 Å². The summed E-state index contributed by atoms with van der Waals surface area (Å²) >= 11 is 3.44. The van der Waals surface area contributed by atoms with E-state index in [4.69, 9.17) is 0 Å². The highest BCUT2D eigenvalue weighted by Gasteiger charge is 2.30. The van der Waals surface area contributed by atoms with Gasteiger partial charge < -0.3 is 10.2 Å². The molecule has 3 aromatic rings. The highest BCUT2D eigenvalue weighted by molar-refractivity contribution is 9.10. The molecule has 1 atom stereocenters. The molecule has 0 aliphatic heterocycles. The second kappa shape index (κ2) is 12.5. The number of nitrogens with zero attached hydrogens (tertiary/aromatic N) is 2. The molecule has 0 spiro atoms. The summed E-state index contributed by atoms with van der Waals surface area (Å²) in [6.07, 6.45) is 1.78. The van der Waals surface area contributed by atoms with Gasteiger partial charge in [-0.05, 0) is 53.9 Å². The number of fused-ring (bicyclic) bond motifs is 1. The Kier molecular flexibility index (Phi) is 9.64. The van der Waals surface area contributed by atoms with E-state index in [1.54, 1.807) is 25.1 Å². The number of likely N-dealkylation sites (N-methyl/N-ethyl adjacent to an activating group) is 1. The van der Waals surface area contributed by atoms with Crippen molar-refractivity contribution in [2.45, 2.75) is 44.2 Å². The zero-order chi connectivity index (χ0) is 26.3. The van der Waals surface area contributed by atoms with Gasteiger partial charge in [-0.25, -0.2) is 8.42 Å². The number of carbonyl (C=O) groups excluding carboxylic acids is 2. The summed E-state index contributed by atoms with van der Waals surface area (Å²) in [5, 5.41) is 4.60. The van der Waals surface area contributed by atoms with Gasteiger partial charge in [-0.3, -0.25) is 9.59 Å². The molecule has 0 fully saturated rings. The fraction of sp³-hybridized carbons (Fsp3) is 0.333. The van der Waals surface area contributed by atoms with E-state index in [-0.39, 0.29) is 17.3 Å². The van der Waals surface area contributed by atoms with Crippen molar-refractivity contribution in [3.8, 4) is 0 Å². The van der Waals surface area contributed by atoms with E-state index in [1.807, 2.05) is 55.5 Å². The fourth-order valence-corrected chi connectivity index (χ4v) is 5.43. The molecule has 0 radical (unpaired) electrons. The molecule has 0 heterocycles. The van der Waals surface area contributed by atoms with E-state index < -0.39 is 28.5 Å². The van der Waals surface area contributed by atoms with Gasteiger partial charge in [0.2, 0.25) is 21.8 Å². The highest BCUT2D eigenvalue weighted by atomic mass is 79.9. The van der Waals surface area contributed by atoms with Crippen LogP contribution in [0, 0.1) is 0 Å². The summed E-state index contributed by atoms with van der Waals surface area (Å²) in [6, 6.07) is 19.1. The van der Waals surface area contributed by atoms with E-state index in [0.29, 0.717) is 6.54 Å². The van der Waals surface area contributed by atoms with Gasteiger partial charge in [-0.15, -0.1) is 0 Å². The maximum absolute atomic E-state index is 13.4. The Morgan fingerprint density at radius 1 is 1.00 bits per heavy atom. The van der Waals surface area contributed by atoms with Crippen LogP contribution in [0.4, 0.5) is 0 Å². The molecule has 3 rings (SSSR count). The molecule has 192 valence electrons. The van der Waals surface area contributed by atoms with Crippen LogP contribution in [0.25, 0.3) is 10.8 Å². The predicted octanol–water partition coefficient (Wildman–Crippen LogP) is 4.56. The smallest absolute Gasteiger partial charge is 0.243 e. The Labute approximate surface area is 221 Å². The van der Waals surface area contributed by atoms with Gasteiger partial charge in [0, 0.05) is 24.6 Å². The Balaban J connectivity index is 1.82. The molecule has 0 unspecified atom stereocenters. The van der Waals surface area contributed by atoms with Crippen molar-refractivity contribution in [1.82, 2.24) is 14.5 Å². The van der Waals surface area contributed by atoms with Gasteiger partial charge >= 0.3 is 0 Å². The van der Waals surface area contributed by atoms with Gasteiger partial charge in [0.1, 0.15) is 6.04 Å². The van der Waals surface area contributed by atoms with Gasteiger partial charge in [0.15, 0.2) is 0 Å². The van der Waals surface area contributed by atoms with Crippen LogP contribution < -0.4 is 5.32 Å². The van der Waals surface area contributed by atoms with E-state index >= 15 is 0 Å². The summed E-state index contributed by atoms with van der Waals surface area (Å²) in [6.45, 7) is 3.99. The lowest BCUT2D eigenvalue weighted by Crippen LogP contribution is -2.50. The fourth-order valence-electron chi connectivity index (χ4n) is 3.82. The van der Waals surface area contributed by atoms with Crippen LogP contribution in [0.3, 0.4) is 0 Å². The SMILES string of the molecule is CCCCNC(=O)[C@H](C)N(Cc1cccc(Br)c1)C(=O)CN(C)S(=O)(=O)c1ccc2ccccc2c1. The third kappa shape index (κ3) is 6.93. The molecule has 0 aliphatic rings. The molecular formula is C27H32BrN3O4S. The Morgan fingerprint density at radius 2 is 1.72 bits per heavy atom. The third-order valence-electron chi connectivity index (χ3n) is 6.03. The average Bonchev–Trinajstić information content (AvgIpc) is 2.86. The van der Waals surface area contributed by atoms with E-state index in [1.165, 1.54) is 11.9 Å². The minimum Gasteiger partial charge on any atom is -0.354 e. The van der Waals surface area contributed by atoms with Gasteiger partial charge in [-0.1, -0.05) is 71.7 Å². The number of halogens is 1. The van der Waals surface area contributed by atoms with Crippen molar-refractivity contribution in [2.24, 2.45) is 0 Å². The van der Waals surface area contributed by atoms with Crippen LogP contribution in [0.1, 0.15) is 32.3 Å². The number of carbonyl (C=O) groups is 2. The van der Waals surface area contributed by atoms with Crippen molar-refractivity contribution >= 4 is 48.5 Å². The topological polar surface area (TPSA) is 86.8 Å². The first-order valence-corrected chi connectivity index (χ1v) is 14.1. The Bertz CT molecular complexity index is 1330. The van der Waals surface area contributed by atoms with E-state index in [0.717, 1.165) is 38.0 Å². The quantitative estimate of drug-likeness (QED) is 0.341. The summed E-state index contributed by atoms with van der Waals surface area (Å²) in [7, 11) is -2.54. The normalized spacial score (nSPS) is 12.5. The molecule has 0 aromatic heterocycles. The molecule has 7 nitrogen and oxygen atoms in total.